The molecular formula is C7H16N2O4S. The fourth-order valence-electron chi connectivity index (χ4n) is 0.723. The van der Waals surface area contributed by atoms with Crippen LogP contribution >= 0.6 is 0 Å². The summed E-state index contributed by atoms with van der Waals surface area (Å²) in [5.74, 6) is -0.790. The fraction of sp³-hybridized carbons (Fsp3) is 0.857. The highest BCUT2D eigenvalue weighted by atomic mass is 32.2. The summed E-state index contributed by atoms with van der Waals surface area (Å²) in [6.45, 7) is 3.05. The van der Waals surface area contributed by atoms with Crippen molar-refractivity contribution in [3.05, 3.63) is 0 Å². The van der Waals surface area contributed by atoms with Crippen molar-refractivity contribution in [3.63, 3.8) is 0 Å². The van der Waals surface area contributed by atoms with E-state index in [1.165, 1.54) is 6.92 Å². The normalized spacial score (nSPS) is 16.0. The number of hydrogen-bond acceptors (Lipinski definition) is 5. The summed E-state index contributed by atoms with van der Waals surface area (Å²) in [6, 6.07) is -0.396. The second-order valence-electron chi connectivity index (χ2n) is 2.96. The quantitative estimate of drug-likeness (QED) is 0.572. The van der Waals surface area contributed by atoms with Gasteiger partial charge in [0.25, 0.3) is 0 Å². The highest BCUT2D eigenvalue weighted by molar-refractivity contribution is 7.90. The van der Waals surface area contributed by atoms with Crippen LogP contribution < -0.4 is 10.5 Å². The zero-order valence-electron chi connectivity index (χ0n) is 8.48. The van der Waals surface area contributed by atoms with Gasteiger partial charge in [-0.25, -0.2) is 13.1 Å². The minimum atomic E-state index is -3.69. The first-order valence-corrected chi connectivity index (χ1v) is 5.68. The van der Waals surface area contributed by atoms with Crippen molar-refractivity contribution in [1.29, 1.82) is 0 Å². The molecule has 0 aromatic rings. The summed E-state index contributed by atoms with van der Waals surface area (Å²) >= 11 is 0. The van der Waals surface area contributed by atoms with Crippen LogP contribution in [0.2, 0.25) is 0 Å². The lowest BCUT2D eigenvalue weighted by Gasteiger charge is -2.15. The van der Waals surface area contributed by atoms with E-state index < -0.39 is 27.3 Å². The Morgan fingerprint density at radius 1 is 1.50 bits per heavy atom. The van der Waals surface area contributed by atoms with Gasteiger partial charge in [-0.3, -0.25) is 4.79 Å². The molecule has 0 saturated carbocycles. The number of rotatable bonds is 5. The van der Waals surface area contributed by atoms with Gasteiger partial charge in [0.2, 0.25) is 10.0 Å². The second-order valence-corrected chi connectivity index (χ2v) is 5.00. The molecule has 0 radical (unpaired) electrons. The molecule has 2 atom stereocenters. The van der Waals surface area contributed by atoms with E-state index in [1.807, 2.05) is 0 Å². The third-order valence-electron chi connectivity index (χ3n) is 1.72. The van der Waals surface area contributed by atoms with Crippen LogP contribution in [0.1, 0.15) is 13.8 Å². The van der Waals surface area contributed by atoms with E-state index >= 15 is 0 Å². The molecule has 0 aromatic heterocycles. The minimum Gasteiger partial charge on any atom is -0.468 e. The number of methoxy groups -OCH3 is 1. The monoisotopic (exact) mass is 224 g/mol. The summed E-state index contributed by atoms with van der Waals surface area (Å²) in [7, 11) is -2.55. The maximum absolute atomic E-state index is 11.4. The molecule has 14 heavy (non-hydrogen) atoms. The largest absolute Gasteiger partial charge is 0.468 e. The summed E-state index contributed by atoms with van der Waals surface area (Å²) in [5, 5.41) is -1.22. The molecule has 0 aromatic carbocycles. The Balaban J connectivity index is 4.55. The Bertz CT molecular complexity index is 288. The Kier molecular flexibility index (Phi) is 5.03. The smallest absolute Gasteiger partial charge is 0.325 e. The van der Waals surface area contributed by atoms with Gasteiger partial charge in [-0.1, -0.05) is 0 Å². The van der Waals surface area contributed by atoms with Gasteiger partial charge in [0, 0.05) is 12.6 Å². The molecule has 0 heterocycles. The van der Waals surface area contributed by atoms with Crippen molar-refractivity contribution in [2.75, 3.05) is 13.7 Å². The minimum absolute atomic E-state index is 0.174. The zero-order chi connectivity index (χ0) is 11.4. The van der Waals surface area contributed by atoms with E-state index in [1.54, 1.807) is 6.92 Å². The number of esters is 1. The highest BCUT2D eigenvalue weighted by Gasteiger charge is 2.29. The van der Waals surface area contributed by atoms with Gasteiger partial charge in [0.1, 0.15) is 0 Å². The van der Waals surface area contributed by atoms with Crippen LogP contribution in [0, 0.1) is 0 Å². The number of carbonyl (C=O) groups excluding carboxylic acids is 1. The lowest BCUT2D eigenvalue weighted by atomic mass is 10.4. The maximum Gasteiger partial charge on any atom is 0.325 e. The Labute approximate surface area is 83.9 Å². The highest BCUT2D eigenvalue weighted by Crippen LogP contribution is 2.01. The first-order valence-electron chi connectivity index (χ1n) is 4.14. The van der Waals surface area contributed by atoms with E-state index in [4.69, 9.17) is 5.73 Å². The lowest BCUT2D eigenvalue weighted by molar-refractivity contribution is -0.139. The number of sulfonamides is 1. The average Bonchev–Trinajstić information content (AvgIpc) is 2.14. The fourth-order valence-corrected chi connectivity index (χ4v) is 1.93. The van der Waals surface area contributed by atoms with Gasteiger partial charge in [-0.2, -0.15) is 0 Å². The number of nitrogens with two attached hydrogens (primary N) is 1. The Hall–Kier alpha value is -0.660. The topological polar surface area (TPSA) is 98.5 Å². The first kappa shape index (κ1) is 13.3. The summed E-state index contributed by atoms with van der Waals surface area (Å²) in [6.07, 6.45) is 0. The first-order chi connectivity index (χ1) is 6.35. The molecule has 2 unspecified atom stereocenters. The lowest BCUT2D eigenvalue weighted by Crippen LogP contribution is -2.44. The molecule has 0 fully saturated rings. The number of ether oxygens (including phenoxy) is 1. The average molecular weight is 224 g/mol. The molecule has 0 aliphatic heterocycles. The molecule has 0 rings (SSSR count). The second kappa shape index (κ2) is 5.28. The molecule has 0 aliphatic carbocycles. The van der Waals surface area contributed by atoms with E-state index in [2.05, 4.69) is 9.46 Å². The molecular weight excluding hydrogens is 208 g/mol. The standard InChI is InChI=1S/C7H16N2O4S/c1-5(4-8)9-14(11,12)6(2)7(10)13-3/h5-6,9H,4,8H2,1-3H3. The summed E-state index contributed by atoms with van der Waals surface area (Å²) in [5.41, 5.74) is 5.24. The Morgan fingerprint density at radius 2 is 2.00 bits per heavy atom. The van der Waals surface area contributed by atoms with Gasteiger partial charge in [0.15, 0.2) is 5.25 Å². The van der Waals surface area contributed by atoms with Crippen LogP contribution in [-0.2, 0) is 19.6 Å². The van der Waals surface area contributed by atoms with Crippen molar-refractivity contribution < 1.29 is 17.9 Å². The van der Waals surface area contributed by atoms with Crippen LogP contribution in [0.25, 0.3) is 0 Å². The van der Waals surface area contributed by atoms with Gasteiger partial charge >= 0.3 is 5.97 Å². The summed E-state index contributed by atoms with van der Waals surface area (Å²) in [4.78, 5) is 11.0. The van der Waals surface area contributed by atoms with Crippen LogP contribution in [0.4, 0.5) is 0 Å². The van der Waals surface area contributed by atoms with E-state index in [9.17, 15) is 13.2 Å². The van der Waals surface area contributed by atoms with Crippen molar-refractivity contribution >= 4 is 16.0 Å². The molecule has 7 heteroatoms. The van der Waals surface area contributed by atoms with Crippen molar-refractivity contribution in [2.45, 2.75) is 25.1 Å². The molecule has 0 aliphatic rings. The van der Waals surface area contributed by atoms with Crippen LogP contribution in [0.5, 0.6) is 0 Å². The molecule has 3 N–H and O–H groups in total. The van der Waals surface area contributed by atoms with Crippen LogP contribution in [0.3, 0.4) is 0 Å². The van der Waals surface area contributed by atoms with Crippen LogP contribution in [-0.4, -0.2) is 39.3 Å². The molecule has 0 saturated heterocycles. The number of hydrogen-bond donors (Lipinski definition) is 2. The van der Waals surface area contributed by atoms with Crippen molar-refractivity contribution in [3.8, 4) is 0 Å². The zero-order valence-corrected chi connectivity index (χ0v) is 9.30. The third-order valence-corrected chi connectivity index (χ3v) is 3.57. The van der Waals surface area contributed by atoms with E-state index in [-0.39, 0.29) is 6.54 Å². The number of nitrogens with one attached hydrogen (secondary N) is 1. The van der Waals surface area contributed by atoms with Gasteiger partial charge in [-0.15, -0.1) is 0 Å². The van der Waals surface area contributed by atoms with Crippen molar-refractivity contribution in [1.82, 2.24) is 4.72 Å². The molecule has 0 bridgehead atoms. The Morgan fingerprint density at radius 3 is 2.36 bits per heavy atom. The molecule has 0 spiro atoms. The van der Waals surface area contributed by atoms with Gasteiger partial charge < -0.3 is 10.5 Å². The van der Waals surface area contributed by atoms with Gasteiger partial charge in [0.05, 0.1) is 7.11 Å². The van der Waals surface area contributed by atoms with Gasteiger partial charge in [-0.05, 0) is 13.8 Å². The molecule has 0 amide bonds. The predicted octanol–water partition coefficient (Wildman–Crippen LogP) is -1.19. The number of carbonyl (C=O) groups is 1. The van der Waals surface area contributed by atoms with E-state index in [0.29, 0.717) is 0 Å². The summed E-state index contributed by atoms with van der Waals surface area (Å²) < 4.78 is 29.5. The maximum atomic E-state index is 11.4. The predicted molar refractivity (Wildman–Crippen MR) is 52.0 cm³/mol. The SMILES string of the molecule is COC(=O)C(C)S(=O)(=O)NC(C)CN. The molecule has 6 nitrogen and oxygen atoms in total. The molecule has 84 valence electrons. The van der Waals surface area contributed by atoms with Crippen LogP contribution in [0.15, 0.2) is 0 Å². The van der Waals surface area contributed by atoms with E-state index in [0.717, 1.165) is 7.11 Å². The van der Waals surface area contributed by atoms with Crippen molar-refractivity contribution in [2.24, 2.45) is 5.73 Å². The third kappa shape index (κ3) is 3.60.